The summed E-state index contributed by atoms with van der Waals surface area (Å²) >= 11 is 0. The van der Waals surface area contributed by atoms with Crippen molar-refractivity contribution >= 4 is 5.91 Å². The Morgan fingerprint density at radius 2 is 1.45 bits per heavy atom. The second-order valence-electron chi connectivity index (χ2n) is 4.44. The van der Waals surface area contributed by atoms with Crippen LogP contribution in [0.1, 0.15) is 23.7 Å². The molecule has 0 aliphatic rings. The number of carbonyl (C=O) groups excluding carboxylic acids is 1. The predicted octanol–water partition coefficient (Wildman–Crippen LogP) is 2.19. The van der Waals surface area contributed by atoms with Crippen molar-refractivity contribution in [3.63, 3.8) is 0 Å². The average molecular weight is 296 g/mol. The number of nitrogens with zero attached hydrogens (tertiary/aromatic N) is 1. The van der Waals surface area contributed by atoms with Crippen LogP contribution in [0.25, 0.3) is 0 Å². The quantitative estimate of drug-likeness (QED) is 0.526. The third-order valence-electron chi connectivity index (χ3n) is 2.69. The fraction of sp³-hybridized carbons (Fsp3) is 0.417. The molecule has 1 aromatic carbocycles. The molecule has 0 saturated carbocycles. The number of hydrogen-bond donors (Lipinski definition) is 1. The standard InChI is InChI=1S/C12H13F5N2O/c1-5(18)3-4-19(2)12(20)6-7(13)9(15)11(17)10(16)8(6)14/h5H,3-4,18H2,1-2H3. The molecule has 2 N–H and O–H groups in total. The van der Waals surface area contributed by atoms with Crippen LogP contribution >= 0.6 is 0 Å². The lowest BCUT2D eigenvalue weighted by molar-refractivity contribution is 0.0778. The first-order chi connectivity index (χ1) is 9.18. The van der Waals surface area contributed by atoms with Crippen molar-refractivity contribution in [1.29, 1.82) is 0 Å². The smallest absolute Gasteiger partial charge is 0.259 e. The Morgan fingerprint density at radius 3 is 1.85 bits per heavy atom. The van der Waals surface area contributed by atoms with Crippen molar-refractivity contribution in [2.24, 2.45) is 5.73 Å². The molecule has 0 aromatic heterocycles. The number of benzene rings is 1. The van der Waals surface area contributed by atoms with E-state index >= 15 is 0 Å². The van der Waals surface area contributed by atoms with Crippen LogP contribution in [0.2, 0.25) is 0 Å². The minimum Gasteiger partial charge on any atom is -0.341 e. The largest absolute Gasteiger partial charge is 0.341 e. The third kappa shape index (κ3) is 3.06. The molecule has 8 heteroatoms. The third-order valence-corrected chi connectivity index (χ3v) is 2.69. The van der Waals surface area contributed by atoms with E-state index in [1.54, 1.807) is 6.92 Å². The molecule has 0 aliphatic heterocycles. The van der Waals surface area contributed by atoms with E-state index in [1.807, 2.05) is 0 Å². The summed E-state index contributed by atoms with van der Waals surface area (Å²) in [6.45, 7) is 1.67. The summed E-state index contributed by atoms with van der Waals surface area (Å²) in [5.74, 6) is -12.2. The van der Waals surface area contributed by atoms with Crippen LogP contribution in [0.5, 0.6) is 0 Å². The topological polar surface area (TPSA) is 46.3 Å². The van der Waals surface area contributed by atoms with E-state index in [0.29, 0.717) is 6.42 Å². The van der Waals surface area contributed by atoms with Crippen molar-refractivity contribution in [3.8, 4) is 0 Å². The second kappa shape index (κ2) is 6.17. The molecule has 0 spiro atoms. The fourth-order valence-electron chi connectivity index (χ4n) is 1.48. The molecule has 0 bridgehead atoms. The van der Waals surface area contributed by atoms with Crippen molar-refractivity contribution in [3.05, 3.63) is 34.6 Å². The summed E-state index contributed by atoms with van der Waals surface area (Å²) < 4.78 is 65.7. The number of nitrogens with two attached hydrogens (primary N) is 1. The molecular formula is C12H13F5N2O. The Bertz CT molecular complexity index is 504. The first-order valence-corrected chi connectivity index (χ1v) is 5.71. The minimum atomic E-state index is -2.30. The molecule has 1 amide bonds. The maximum absolute atomic E-state index is 13.4. The summed E-state index contributed by atoms with van der Waals surface area (Å²) in [5.41, 5.74) is 3.99. The minimum absolute atomic E-state index is 0.0238. The molecule has 1 aromatic rings. The van der Waals surface area contributed by atoms with Gasteiger partial charge in [-0.25, -0.2) is 22.0 Å². The highest BCUT2D eigenvalue weighted by Crippen LogP contribution is 2.24. The zero-order valence-corrected chi connectivity index (χ0v) is 10.8. The first kappa shape index (κ1) is 16.4. The van der Waals surface area contributed by atoms with Gasteiger partial charge >= 0.3 is 0 Å². The molecule has 112 valence electrons. The summed E-state index contributed by atoms with van der Waals surface area (Å²) in [6, 6.07) is -0.276. The Kier molecular flexibility index (Phi) is 5.04. The summed E-state index contributed by atoms with van der Waals surface area (Å²) in [6.07, 6.45) is 0.317. The molecule has 1 atom stereocenters. The van der Waals surface area contributed by atoms with Gasteiger partial charge in [-0.15, -0.1) is 0 Å². The van der Waals surface area contributed by atoms with Crippen LogP contribution in [0.4, 0.5) is 22.0 Å². The monoisotopic (exact) mass is 296 g/mol. The van der Waals surface area contributed by atoms with E-state index in [9.17, 15) is 26.7 Å². The van der Waals surface area contributed by atoms with E-state index in [2.05, 4.69) is 0 Å². The first-order valence-electron chi connectivity index (χ1n) is 5.71. The van der Waals surface area contributed by atoms with Crippen LogP contribution in [0.15, 0.2) is 0 Å². The van der Waals surface area contributed by atoms with E-state index in [0.717, 1.165) is 4.90 Å². The van der Waals surface area contributed by atoms with Gasteiger partial charge in [-0.3, -0.25) is 4.79 Å². The Balaban J connectivity index is 3.17. The van der Waals surface area contributed by atoms with Crippen LogP contribution in [-0.2, 0) is 0 Å². The lowest BCUT2D eigenvalue weighted by Crippen LogP contribution is -2.33. The maximum Gasteiger partial charge on any atom is 0.259 e. The molecule has 0 saturated heterocycles. The highest BCUT2D eigenvalue weighted by molar-refractivity contribution is 5.94. The van der Waals surface area contributed by atoms with E-state index < -0.39 is 40.6 Å². The molecule has 20 heavy (non-hydrogen) atoms. The van der Waals surface area contributed by atoms with E-state index in [-0.39, 0.29) is 12.6 Å². The highest BCUT2D eigenvalue weighted by atomic mass is 19.2. The van der Waals surface area contributed by atoms with Gasteiger partial charge in [0.05, 0.1) is 0 Å². The van der Waals surface area contributed by atoms with Gasteiger partial charge in [0.1, 0.15) is 5.56 Å². The van der Waals surface area contributed by atoms with E-state index in [1.165, 1.54) is 7.05 Å². The molecule has 3 nitrogen and oxygen atoms in total. The number of carbonyl (C=O) groups is 1. The van der Waals surface area contributed by atoms with Gasteiger partial charge in [-0.05, 0) is 13.3 Å². The summed E-state index contributed by atoms with van der Waals surface area (Å²) in [7, 11) is 1.18. The van der Waals surface area contributed by atoms with Gasteiger partial charge in [-0.2, -0.15) is 0 Å². The Labute approximate surface area is 112 Å². The zero-order chi connectivity index (χ0) is 15.6. The lowest BCUT2D eigenvalue weighted by atomic mass is 10.1. The van der Waals surface area contributed by atoms with Gasteiger partial charge < -0.3 is 10.6 Å². The molecule has 0 aliphatic carbocycles. The van der Waals surface area contributed by atoms with Crippen LogP contribution in [0.3, 0.4) is 0 Å². The van der Waals surface area contributed by atoms with E-state index in [4.69, 9.17) is 5.73 Å². The Morgan fingerprint density at radius 1 is 1.05 bits per heavy atom. The number of halogens is 5. The second-order valence-corrected chi connectivity index (χ2v) is 4.44. The van der Waals surface area contributed by atoms with Gasteiger partial charge in [0.15, 0.2) is 23.3 Å². The summed E-state index contributed by atoms with van der Waals surface area (Å²) in [5, 5.41) is 0. The highest BCUT2D eigenvalue weighted by Gasteiger charge is 2.31. The van der Waals surface area contributed by atoms with Gasteiger partial charge in [0, 0.05) is 19.6 Å². The van der Waals surface area contributed by atoms with Gasteiger partial charge in [0.25, 0.3) is 5.91 Å². The van der Waals surface area contributed by atoms with Gasteiger partial charge in [-0.1, -0.05) is 0 Å². The SMILES string of the molecule is CC(N)CCN(C)C(=O)c1c(F)c(F)c(F)c(F)c1F. The van der Waals surface area contributed by atoms with Crippen LogP contribution in [0, 0.1) is 29.1 Å². The normalized spacial score (nSPS) is 12.4. The molecule has 1 unspecified atom stereocenters. The number of hydrogen-bond acceptors (Lipinski definition) is 2. The van der Waals surface area contributed by atoms with Gasteiger partial charge in [0.2, 0.25) is 5.82 Å². The van der Waals surface area contributed by atoms with Crippen molar-refractivity contribution in [2.45, 2.75) is 19.4 Å². The molecule has 0 fully saturated rings. The van der Waals surface area contributed by atoms with Crippen LogP contribution < -0.4 is 5.73 Å². The Hall–Kier alpha value is -1.70. The lowest BCUT2D eigenvalue weighted by Gasteiger charge is -2.19. The molecule has 0 heterocycles. The zero-order valence-electron chi connectivity index (χ0n) is 10.8. The van der Waals surface area contributed by atoms with Crippen molar-refractivity contribution < 1.29 is 26.7 Å². The van der Waals surface area contributed by atoms with Crippen molar-refractivity contribution in [2.75, 3.05) is 13.6 Å². The molecule has 1 rings (SSSR count). The molecule has 0 radical (unpaired) electrons. The average Bonchev–Trinajstić information content (AvgIpc) is 2.40. The number of rotatable bonds is 4. The number of amides is 1. The van der Waals surface area contributed by atoms with Crippen LogP contribution in [-0.4, -0.2) is 30.4 Å². The maximum atomic E-state index is 13.4. The predicted molar refractivity (Wildman–Crippen MR) is 61.5 cm³/mol. The fourth-order valence-corrected chi connectivity index (χ4v) is 1.48. The summed E-state index contributed by atoms with van der Waals surface area (Å²) in [4.78, 5) is 12.6. The van der Waals surface area contributed by atoms with Crippen molar-refractivity contribution in [1.82, 2.24) is 4.90 Å². The molecular weight excluding hydrogens is 283 g/mol.